The van der Waals surface area contributed by atoms with Crippen LogP contribution in [0.25, 0.3) is 22.2 Å². The molecular weight excluding hydrogens is 511 g/mol. The molecule has 10 nitrogen and oxygen atoms in total. The Kier molecular flexibility index (Phi) is 8.32. The lowest BCUT2D eigenvalue weighted by Gasteiger charge is -2.33. The predicted molar refractivity (Wildman–Crippen MR) is 152 cm³/mol. The lowest BCUT2D eigenvalue weighted by Crippen LogP contribution is -2.47. The number of nitrogens with zero attached hydrogens (tertiary/aromatic N) is 7. The van der Waals surface area contributed by atoms with Crippen LogP contribution >= 0.6 is 0 Å². The zero-order chi connectivity index (χ0) is 28.2. The van der Waals surface area contributed by atoms with Crippen LogP contribution in [0.3, 0.4) is 0 Å². The Labute approximate surface area is 233 Å². The molecule has 0 aliphatic carbocycles. The van der Waals surface area contributed by atoms with Crippen LogP contribution in [0.2, 0.25) is 0 Å². The molecule has 0 spiro atoms. The molecule has 0 atom stereocenters. The number of carbonyl (C=O) groups is 1. The number of esters is 1. The number of pyridine rings is 1. The lowest BCUT2D eigenvalue weighted by molar-refractivity contribution is -0.144. The number of piperazine rings is 1. The van der Waals surface area contributed by atoms with Crippen LogP contribution in [-0.2, 0) is 16.1 Å². The van der Waals surface area contributed by atoms with E-state index < -0.39 is 0 Å². The van der Waals surface area contributed by atoms with Crippen molar-refractivity contribution in [3.05, 3.63) is 60.2 Å². The summed E-state index contributed by atoms with van der Waals surface area (Å²) in [6, 6.07) is 7.38. The van der Waals surface area contributed by atoms with Gasteiger partial charge < -0.3 is 14.6 Å². The van der Waals surface area contributed by atoms with E-state index in [1.165, 1.54) is 6.07 Å². The van der Waals surface area contributed by atoms with E-state index in [0.717, 1.165) is 54.3 Å². The molecule has 3 aromatic heterocycles. The molecule has 4 heterocycles. The second kappa shape index (κ2) is 12.1. The quantitative estimate of drug-likeness (QED) is 0.307. The maximum Gasteiger partial charge on any atom is 0.320 e. The summed E-state index contributed by atoms with van der Waals surface area (Å²) >= 11 is 0. The first kappa shape index (κ1) is 27.6. The van der Waals surface area contributed by atoms with Crippen molar-refractivity contribution in [3.63, 3.8) is 0 Å². The van der Waals surface area contributed by atoms with Gasteiger partial charge in [-0.1, -0.05) is 0 Å². The molecule has 4 aromatic rings. The van der Waals surface area contributed by atoms with Crippen molar-refractivity contribution >= 4 is 28.6 Å². The smallest absolute Gasteiger partial charge is 0.320 e. The van der Waals surface area contributed by atoms with Gasteiger partial charge in [0.2, 0.25) is 0 Å². The monoisotopic (exact) mass is 546 g/mol. The number of carbonyl (C=O) groups excluding carboxylic acids is 1. The molecule has 1 fully saturated rings. The van der Waals surface area contributed by atoms with Gasteiger partial charge in [-0.25, -0.2) is 19.3 Å². The van der Waals surface area contributed by atoms with E-state index in [4.69, 9.17) is 4.74 Å². The van der Waals surface area contributed by atoms with Crippen LogP contribution in [0, 0.1) is 12.7 Å². The standard InChI is InChI=1S/C29H35FN8O2/c1-5-40-28(39)18-37-10-8-36(9-11-37)17-23-15-33-27(16-32-23)35-26-14-21(6-7-31-26)22-12-24(30)29-25(13-22)38(19(2)3)20(4)34-29/h6-7,12-16,19H,5,8-11,17-18H2,1-4H3,(H,31,33,35). The fourth-order valence-electron chi connectivity index (χ4n) is 5.12. The number of hydrogen-bond donors (Lipinski definition) is 1. The Morgan fingerprint density at radius 2 is 1.80 bits per heavy atom. The third-order valence-electron chi connectivity index (χ3n) is 7.00. The zero-order valence-corrected chi connectivity index (χ0v) is 23.4. The van der Waals surface area contributed by atoms with E-state index in [9.17, 15) is 9.18 Å². The van der Waals surface area contributed by atoms with E-state index in [1.807, 2.05) is 36.6 Å². The highest BCUT2D eigenvalue weighted by Crippen LogP contribution is 2.30. The number of aryl methyl sites for hydroxylation is 1. The maximum absolute atomic E-state index is 15.0. The molecule has 0 unspecified atom stereocenters. The average Bonchev–Trinajstić information content (AvgIpc) is 3.28. The van der Waals surface area contributed by atoms with Gasteiger partial charge in [-0.3, -0.25) is 19.6 Å². The van der Waals surface area contributed by atoms with Gasteiger partial charge in [-0.2, -0.15) is 0 Å². The molecule has 210 valence electrons. The predicted octanol–water partition coefficient (Wildman–Crippen LogP) is 4.34. The molecule has 5 rings (SSSR count). The number of anilines is 2. The number of halogens is 1. The van der Waals surface area contributed by atoms with Gasteiger partial charge in [0, 0.05) is 45.0 Å². The Morgan fingerprint density at radius 3 is 2.50 bits per heavy atom. The van der Waals surface area contributed by atoms with Crippen LogP contribution in [-0.4, -0.2) is 79.6 Å². The van der Waals surface area contributed by atoms with Crippen molar-refractivity contribution < 1.29 is 13.9 Å². The molecular formula is C29H35FN8O2. The number of aromatic nitrogens is 5. The minimum Gasteiger partial charge on any atom is -0.465 e. The van der Waals surface area contributed by atoms with E-state index in [2.05, 4.69) is 48.9 Å². The fraction of sp³-hybridized carbons (Fsp3) is 0.414. The molecule has 1 aliphatic rings. The van der Waals surface area contributed by atoms with Crippen molar-refractivity contribution in [2.75, 3.05) is 44.6 Å². The molecule has 1 aromatic carbocycles. The number of nitrogens with one attached hydrogen (secondary N) is 1. The first-order valence-corrected chi connectivity index (χ1v) is 13.6. The lowest BCUT2D eigenvalue weighted by atomic mass is 10.1. The Balaban J connectivity index is 1.22. The van der Waals surface area contributed by atoms with E-state index in [0.29, 0.717) is 36.8 Å². The van der Waals surface area contributed by atoms with E-state index in [1.54, 1.807) is 18.6 Å². The summed E-state index contributed by atoms with van der Waals surface area (Å²) < 4.78 is 22.1. The van der Waals surface area contributed by atoms with Gasteiger partial charge in [0.25, 0.3) is 0 Å². The van der Waals surface area contributed by atoms with Crippen LogP contribution in [0.5, 0.6) is 0 Å². The molecule has 0 bridgehead atoms. The molecule has 0 radical (unpaired) electrons. The summed E-state index contributed by atoms with van der Waals surface area (Å²) in [6.07, 6.45) is 5.14. The van der Waals surface area contributed by atoms with Gasteiger partial charge >= 0.3 is 5.97 Å². The molecule has 1 N–H and O–H groups in total. The first-order chi connectivity index (χ1) is 19.3. The van der Waals surface area contributed by atoms with E-state index >= 15 is 0 Å². The summed E-state index contributed by atoms with van der Waals surface area (Å²) in [5.41, 5.74) is 3.61. The minimum atomic E-state index is -0.344. The van der Waals surface area contributed by atoms with Crippen molar-refractivity contribution in [2.24, 2.45) is 0 Å². The second-order valence-corrected chi connectivity index (χ2v) is 10.3. The number of imidazole rings is 1. The highest BCUT2D eigenvalue weighted by Gasteiger charge is 2.20. The largest absolute Gasteiger partial charge is 0.465 e. The van der Waals surface area contributed by atoms with Gasteiger partial charge in [0.05, 0.1) is 36.8 Å². The maximum atomic E-state index is 15.0. The summed E-state index contributed by atoms with van der Waals surface area (Å²) in [6.45, 7) is 12.6. The number of ether oxygens (including phenoxy) is 1. The van der Waals surface area contributed by atoms with Gasteiger partial charge in [0.1, 0.15) is 23.0 Å². The molecule has 11 heteroatoms. The molecule has 40 heavy (non-hydrogen) atoms. The van der Waals surface area contributed by atoms with E-state index in [-0.39, 0.29) is 17.8 Å². The van der Waals surface area contributed by atoms with Gasteiger partial charge in [-0.15, -0.1) is 0 Å². The number of hydrogen-bond acceptors (Lipinski definition) is 9. The summed E-state index contributed by atoms with van der Waals surface area (Å²) in [5, 5.41) is 3.20. The van der Waals surface area contributed by atoms with Crippen LogP contribution < -0.4 is 5.32 Å². The number of benzene rings is 1. The van der Waals surface area contributed by atoms with Crippen LogP contribution in [0.15, 0.2) is 42.9 Å². The summed E-state index contributed by atoms with van der Waals surface area (Å²) in [4.78, 5) is 34.1. The SMILES string of the molecule is CCOC(=O)CN1CCN(Cc2cnc(Nc3cc(-c4cc(F)c5nc(C)n(C(C)C)c5c4)ccn3)cn2)CC1. The van der Waals surface area contributed by atoms with Crippen LogP contribution in [0.4, 0.5) is 16.0 Å². The van der Waals surface area contributed by atoms with Crippen molar-refractivity contribution in [1.82, 2.24) is 34.3 Å². The Hall–Kier alpha value is -3.96. The minimum absolute atomic E-state index is 0.164. The Morgan fingerprint density at radius 1 is 1.02 bits per heavy atom. The average molecular weight is 547 g/mol. The van der Waals surface area contributed by atoms with Crippen molar-refractivity contribution in [2.45, 2.75) is 40.3 Å². The van der Waals surface area contributed by atoms with Crippen molar-refractivity contribution in [3.8, 4) is 11.1 Å². The molecule has 0 saturated carbocycles. The Bertz CT molecular complexity index is 1480. The van der Waals surface area contributed by atoms with Crippen LogP contribution in [0.1, 0.15) is 38.3 Å². The highest BCUT2D eigenvalue weighted by molar-refractivity contribution is 5.84. The third kappa shape index (κ3) is 6.26. The number of fused-ring (bicyclic) bond motifs is 1. The normalized spacial score (nSPS) is 14.7. The van der Waals surface area contributed by atoms with Gasteiger partial charge in [0.15, 0.2) is 5.82 Å². The first-order valence-electron chi connectivity index (χ1n) is 13.6. The second-order valence-electron chi connectivity index (χ2n) is 10.3. The topological polar surface area (TPSA) is 101 Å². The molecule has 0 amide bonds. The summed E-state index contributed by atoms with van der Waals surface area (Å²) in [5.74, 6) is 1.43. The van der Waals surface area contributed by atoms with Gasteiger partial charge in [-0.05, 0) is 63.1 Å². The van der Waals surface area contributed by atoms with Crippen molar-refractivity contribution in [1.29, 1.82) is 0 Å². The zero-order valence-electron chi connectivity index (χ0n) is 23.4. The fourth-order valence-corrected chi connectivity index (χ4v) is 5.12. The highest BCUT2D eigenvalue weighted by atomic mass is 19.1. The molecule has 1 aliphatic heterocycles. The number of rotatable bonds is 9. The summed E-state index contributed by atoms with van der Waals surface area (Å²) in [7, 11) is 0. The molecule has 1 saturated heterocycles. The third-order valence-corrected chi connectivity index (χ3v) is 7.00.